The Labute approximate surface area is 182 Å². The van der Waals surface area contributed by atoms with Crippen LogP contribution in [0.4, 0.5) is 4.39 Å². The topological polar surface area (TPSA) is 58.6 Å². The lowest BCUT2D eigenvalue weighted by atomic mass is 10.1. The van der Waals surface area contributed by atoms with Crippen LogP contribution in [-0.4, -0.2) is 35.4 Å². The molecule has 1 N–H and O–H groups in total. The molecule has 0 fully saturated rings. The molecule has 2 atom stereocenters. The van der Waals surface area contributed by atoms with Crippen LogP contribution in [0.5, 0.6) is 5.75 Å². The number of hydrogen-bond acceptors (Lipinski definition) is 3. The quantitative estimate of drug-likeness (QED) is 0.595. The highest BCUT2D eigenvalue weighted by atomic mass is 35.5. The van der Waals surface area contributed by atoms with Crippen molar-refractivity contribution in [2.24, 2.45) is 0 Å². The van der Waals surface area contributed by atoms with Crippen molar-refractivity contribution in [3.63, 3.8) is 0 Å². The zero-order valence-electron chi connectivity index (χ0n) is 17.5. The largest absolute Gasteiger partial charge is 0.481 e. The van der Waals surface area contributed by atoms with Gasteiger partial charge in [0.05, 0.1) is 0 Å². The fourth-order valence-corrected chi connectivity index (χ4v) is 3.15. The molecular weight excluding hydrogens is 407 g/mol. The highest BCUT2D eigenvalue weighted by Crippen LogP contribution is 2.21. The minimum absolute atomic E-state index is 0.0133. The second kappa shape index (κ2) is 11.6. The van der Waals surface area contributed by atoms with E-state index in [0.717, 1.165) is 6.42 Å². The van der Waals surface area contributed by atoms with Gasteiger partial charge in [0.25, 0.3) is 5.91 Å². The third-order valence-electron chi connectivity index (χ3n) is 4.87. The highest BCUT2D eigenvalue weighted by molar-refractivity contribution is 6.31. The van der Waals surface area contributed by atoms with Gasteiger partial charge in [-0.3, -0.25) is 9.59 Å². The minimum atomic E-state index is -0.702. The van der Waals surface area contributed by atoms with Crippen molar-refractivity contribution in [1.29, 1.82) is 0 Å². The van der Waals surface area contributed by atoms with Crippen LogP contribution in [0.25, 0.3) is 0 Å². The maximum atomic E-state index is 13.8. The van der Waals surface area contributed by atoms with Crippen LogP contribution < -0.4 is 10.1 Å². The lowest BCUT2D eigenvalue weighted by Gasteiger charge is -2.31. The van der Waals surface area contributed by atoms with Crippen LogP contribution in [0.2, 0.25) is 5.02 Å². The molecule has 0 aliphatic rings. The second-order valence-corrected chi connectivity index (χ2v) is 7.48. The number of amides is 2. The fourth-order valence-electron chi connectivity index (χ4n) is 2.95. The predicted octanol–water partition coefficient (Wildman–Crippen LogP) is 4.58. The Morgan fingerprint density at radius 2 is 1.77 bits per heavy atom. The number of nitrogens with one attached hydrogen (secondary N) is 1. The van der Waals surface area contributed by atoms with Crippen LogP contribution in [0, 0.1) is 5.82 Å². The van der Waals surface area contributed by atoms with Gasteiger partial charge in [0.15, 0.2) is 18.2 Å². The molecule has 2 amide bonds. The molecule has 5 nitrogen and oxygen atoms in total. The molecule has 0 saturated heterocycles. The Bertz CT molecular complexity index is 862. The number of halogens is 2. The van der Waals surface area contributed by atoms with Crippen LogP contribution >= 0.6 is 11.6 Å². The van der Waals surface area contributed by atoms with Crippen molar-refractivity contribution in [2.75, 3.05) is 6.61 Å². The number of para-hydroxylation sites is 1. The normalized spacial score (nSPS) is 12.7. The lowest BCUT2D eigenvalue weighted by Crippen LogP contribution is -2.51. The van der Waals surface area contributed by atoms with Gasteiger partial charge in [0, 0.05) is 17.6 Å². The van der Waals surface area contributed by atoms with Crippen molar-refractivity contribution in [2.45, 2.75) is 52.2 Å². The standard InChI is InChI=1S/C23H28ClFN2O3/c1-4-16(3)26-23(29)20(5-2)27(14-17-10-6-7-11-18(17)24)22(28)15-30-21-13-9-8-12-19(21)25/h6-13,16,20H,4-5,14-15H2,1-3H3,(H,26,29)/t16-,20+/m1/s1. The number of carbonyl (C=O) groups is 2. The van der Waals surface area contributed by atoms with Gasteiger partial charge in [-0.25, -0.2) is 4.39 Å². The molecule has 2 aromatic rings. The third kappa shape index (κ3) is 6.46. The smallest absolute Gasteiger partial charge is 0.261 e. The van der Waals surface area contributed by atoms with E-state index in [1.54, 1.807) is 30.3 Å². The van der Waals surface area contributed by atoms with Gasteiger partial charge in [-0.05, 0) is 43.5 Å². The van der Waals surface area contributed by atoms with Crippen molar-refractivity contribution in [3.8, 4) is 5.75 Å². The van der Waals surface area contributed by atoms with Gasteiger partial charge in [0.2, 0.25) is 5.91 Å². The highest BCUT2D eigenvalue weighted by Gasteiger charge is 2.30. The number of rotatable bonds is 10. The first kappa shape index (κ1) is 23.7. The average Bonchev–Trinajstić information content (AvgIpc) is 2.74. The van der Waals surface area contributed by atoms with Crippen molar-refractivity contribution in [3.05, 3.63) is 64.9 Å². The first-order valence-electron chi connectivity index (χ1n) is 10.1. The first-order valence-corrected chi connectivity index (χ1v) is 10.5. The molecule has 0 saturated carbocycles. The Morgan fingerprint density at radius 3 is 2.40 bits per heavy atom. The number of nitrogens with zero attached hydrogens (tertiary/aromatic N) is 1. The molecule has 2 rings (SSSR count). The summed E-state index contributed by atoms with van der Waals surface area (Å²) in [7, 11) is 0. The van der Waals surface area contributed by atoms with E-state index in [4.69, 9.17) is 16.3 Å². The zero-order chi connectivity index (χ0) is 22.1. The summed E-state index contributed by atoms with van der Waals surface area (Å²) in [4.78, 5) is 27.4. The molecule has 0 heterocycles. The third-order valence-corrected chi connectivity index (χ3v) is 5.24. The van der Waals surface area contributed by atoms with Gasteiger partial charge in [0.1, 0.15) is 6.04 Å². The van der Waals surface area contributed by atoms with Gasteiger partial charge in [-0.2, -0.15) is 0 Å². The number of ether oxygens (including phenoxy) is 1. The molecule has 0 aliphatic carbocycles. The Balaban J connectivity index is 2.24. The van der Waals surface area contributed by atoms with E-state index in [2.05, 4.69) is 5.32 Å². The molecule has 162 valence electrons. The molecule has 0 spiro atoms. The van der Waals surface area contributed by atoms with Crippen molar-refractivity contribution in [1.82, 2.24) is 10.2 Å². The van der Waals surface area contributed by atoms with Crippen LogP contribution in [0.1, 0.15) is 39.2 Å². The van der Waals surface area contributed by atoms with Crippen LogP contribution in [-0.2, 0) is 16.1 Å². The summed E-state index contributed by atoms with van der Waals surface area (Å²) in [5.74, 6) is -1.23. The number of carbonyl (C=O) groups excluding carboxylic acids is 2. The lowest BCUT2D eigenvalue weighted by molar-refractivity contribution is -0.143. The van der Waals surface area contributed by atoms with Gasteiger partial charge in [-0.15, -0.1) is 0 Å². The Morgan fingerprint density at radius 1 is 1.10 bits per heavy atom. The monoisotopic (exact) mass is 434 g/mol. The predicted molar refractivity (Wildman–Crippen MR) is 116 cm³/mol. The van der Waals surface area contributed by atoms with Gasteiger partial charge in [-0.1, -0.05) is 55.8 Å². The maximum Gasteiger partial charge on any atom is 0.261 e. The molecule has 0 aliphatic heterocycles. The molecule has 7 heteroatoms. The van der Waals surface area contributed by atoms with E-state index in [9.17, 15) is 14.0 Å². The number of benzene rings is 2. The van der Waals surface area contributed by atoms with Crippen LogP contribution in [0.3, 0.4) is 0 Å². The van der Waals surface area contributed by atoms with Gasteiger partial charge < -0.3 is 15.0 Å². The molecule has 0 bridgehead atoms. The molecule has 0 radical (unpaired) electrons. The van der Waals surface area contributed by atoms with E-state index < -0.39 is 24.4 Å². The molecule has 0 aromatic heterocycles. The van der Waals surface area contributed by atoms with E-state index in [-0.39, 0.29) is 24.2 Å². The first-order chi connectivity index (χ1) is 14.4. The van der Waals surface area contributed by atoms with Crippen LogP contribution in [0.15, 0.2) is 48.5 Å². The summed E-state index contributed by atoms with van der Waals surface area (Å²) >= 11 is 6.28. The fraction of sp³-hybridized carbons (Fsp3) is 0.391. The number of hydrogen-bond donors (Lipinski definition) is 1. The van der Waals surface area contributed by atoms with E-state index in [1.807, 2.05) is 26.8 Å². The second-order valence-electron chi connectivity index (χ2n) is 7.07. The van der Waals surface area contributed by atoms with Gasteiger partial charge >= 0.3 is 0 Å². The Hall–Kier alpha value is -2.60. The Kier molecular flexibility index (Phi) is 9.12. The minimum Gasteiger partial charge on any atom is -0.481 e. The summed E-state index contributed by atoms with van der Waals surface area (Å²) < 4.78 is 19.2. The van der Waals surface area contributed by atoms with E-state index >= 15 is 0 Å². The van der Waals surface area contributed by atoms with Crippen molar-refractivity contribution >= 4 is 23.4 Å². The molecule has 2 aromatic carbocycles. The average molecular weight is 435 g/mol. The SMILES string of the molecule is CC[C@@H](C)NC(=O)[C@H](CC)N(Cc1ccccc1Cl)C(=O)COc1ccccc1F. The molecular formula is C23H28ClFN2O3. The zero-order valence-corrected chi connectivity index (χ0v) is 18.3. The summed E-state index contributed by atoms with van der Waals surface area (Å²) in [6, 6.07) is 12.3. The molecule has 0 unspecified atom stereocenters. The summed E-state index contributed by atoms with van der Waals surface area (Å²) in [6.45, 7) is 5.47. The molecule has 30 heavy (non-hydrogen) atoms. The maximum absolute atomic E-state index is 13.8. The van der Waals surface area contributed by atoms with Crippen molar-refractivity contribution < 1.29 is 18.7 Å². The van der Waals surface area contributed by atoms with E-state index in [1.165, 1.54) is 17.0 Å². The summed E-state index contributed by atoms with van der Waals surface area (Å²) in [6.07, 6.45) is 1.19. The summed E-state index contributed by atoms with van der Waals surface area (Å²) in [5, 5.41) is 3.43. The van der Waals surface area contributed by atoms with E-state index in [0.29, 0.717) is 17.0 Å². The summed E-state index contributed by atoms with van der Waals surface area (Å²) in [5.41, 5.74) is 0.716.